The molecule has 0 heterocycles. The zero-order valence-electron chi connectivity index (χ0n) is 53.5. The fraction of sp³-hybridized carbons (Fsp3) is 0.302. The standard InChI is InChI=1S/C25H30N2O4S2.C18H23FN2OS/c1-19-9-12-22(13-10-19)33(28,29)31-16-6-15-30-21-11-14-24(20(17-21)18-27(2)3)32-25-8-5-4-7-23(25)26;1-21(2)13-14-12-15(22-11-5-10-19)8-9-17(14)23-18-7-4-3-6-16(18)20/h4-5,7-14,17H,6,15-16,18,26H2,1-3H3;3-4,6-9,12H,5,10-11,13,20H2,1-2H3/i2D3,3D3,6D2,15D2,16D2;1D3,2D3,5D2,10D2,11D2,19-1. The molecule has 13 heteroatoms. The van der Waals surface area contributed by atoms with Crippen molar-refractivity contribution < 1.29 is 59.4 Å². The molecule has 0 amide bonds. The molecule has 0 radical (unpaired) electrons. The van der Waals surface area contributed by atoms with Crippen molar-refractivity contribution in [1.82, 2.24) is 9.80 Å². The van der Waals surface area contributed by atoms with E-state index in [1.54, 1.807) is 55.5 Å². The number of alkyl halides is 1. The summed E-state index contributed by atoms with van der Waals surface area (Å²) in [6.45, 7) is -26.9. The average molecular weight is 844 g/mol. The lowest BCUT2D eigenvalue weighted by molar-refractivity contribution is 0.250. The second kappa shape index (κ2) is 22.5. The molecule has 56 heavy (non-hydrogen) atoms. The Hall–Kier alpha value is -4.24. The molecule has 0 spiro atoms. The van der Waals surface area contributed by atoms with Crippen LogP contribution in [-0.2, 0) is 27.4 Å². The van der Waals surface area contributed by atoms with E-state index >= 15 is 0 Å². The third kappa shape index (κ3) is 14.7. The van der Waals surface area contributed by atoms with Crippen LogP contribution in [0.5, 0.6) is 11.5 Å². The second-order valence-electron chi connectivity index (χ2n) is 11.2. The van der Waals surface area contributed by atoms with Crippen LogP contribution >= 0.6 is 23.5 Å². The molecule has 0 saturated carbocycles. The summed E-state index contributed by atoms with van der Waals surface area (Å²) in [5, 5.41) is 0. The molecular formula is C43H53FN4O5S3. The van der Waals surface area contributed by atoms with E-state index in [-0.39, 0.29) is 20.9 Å². The van der Waals surface area contributed by atoms with Gasteiger partial charge in [0.25, 0.3) is 10.1 Å². The fourth-order valence-corrected chi connectivity index (χ4v) is 7.08. The van der Waals surface area contributed by atoms with Crippen molar-refractivity contribution in [1.29, 1.82) is 0 Å². The van der Waals surface area contributed by atoms with Crippen LogP contribution in [0, 0.1) is 6.92 Å². The van der Waals surface area contributed by atoms with Crippen molar-refractivity contribution in [3.05, 3.63) is 126 Å². The van der Waals surface area contributed by atoms with Crippen molar-refractivity contribution in [3.63, 3.8) is 0 Å². The van der Waals surface area contributed by atoms with E-state index < -0.39 is 107 Å². The summed E-state index contributed by atoms with van der Waals surface area (Å²) in [6.07, 6.45) is -7.50. The summed E-state index contributed by atoms with van der Waals surface area (Å²) < 4.78 is 240. The van der Waals surface area contributed by atoms with Gasteiger partial charge in [0.1, 0.15) is 11.5 Å². The van der Waals surface area contributed by atoms with Gasteiger partial charge in [-0.1, -0.05) is 65.5 Å². The topological polar surface area (TPSA) is 120 Å². The van der Waals surface area contributed by atoms with E-state index in [1.807, 2.05) is 0 Å². The van der Waals surface area contributed by atoms with Crippen LogP contribution in [0.3, 0.4) is 0 Å². The highest BCUT2D eigenvalue weighted by molar-refractivity contribution is 7.99. The van der Waals surface area contributed by atoms with E-state index in [9.17, 15) is 12.8 Å². The SMILES string of the molecule is [2H]C([2H])([2H])N(Cc1cc(OC([2H])([2H])C([2H])([2H])C([2H])([2H])OS(=O)(=O)c2ccc(C)cc2)ccc1Sc1ccccc1N)C([2H])([2H])[2H].[2H]C([2H])([2H])N(Cc1cc(OC([2H])([2H])C([2H])([2H])C([2H])([2H])[18F])ccc1Sc1ccccc1N)C([2H])([2H])[2H]. The highest BCUT2D eigenvalue weighted by Crippen LogP contribution is 2.37. The maximum atomic E-state index is 13.7. The Bertz CT molecular complexity index is 3020. The first-order valence-corrected chi connectivity index (χ1v) is 19.0. The van der Waals surface area contributed by atoms with Crippen LogP contribution in [0.15, 0.2) is 134 Å². The summed E-state index contributed by atoms with van der Waals surface area (Å²) in [5.41, 5.74) is 13.5. The number of anilines is 2. The van der Waals surface area contributed by atoms with Gasteiger partial charge in [-0.25, -0.2) is 0 Å². The van der Waals surface area contributed by atoms with Crippen LogP contribution < -0.4 is 20.9 Å². The van der Waals surface area contributed by atoms with Gasteiger partial charge in [-0.2, -0.15) is 8.42 Å². The third-order valence-corrected chi connectivity index (χ3v) is 10.6. The Morgan fingerprint density at radius 1 is 0.661 bits per heavy atom. The van der Waals surface area contributed by atoms with E-state index in [0.717, 1.165) is 47.8 Å². The lowest BCUT2D eigenvalue weighted by Crippen LogP contribution is -2.12. The number of rotatable bonds is 19. The molecule has 0 unspecified atom stereocenters. The van der Waals surface area contributed by atoms with Gasteiger partial charge in [-0.05, 0) is 119 Å². The lowest BCUT2D eigenvalue weighted by atomic mass is 10.2. The predicted octanol–water partition coefficient (Wildman–Crippen LogP) is 9.18. The number of hydrogen-bond acceptors (Lipinski definition) is 11. The van der Waals surface area contributed by atoms with Crippen LogP contribution in [-0.4, -0.2) is 72.4 Å². The first-order valence-electron chi connectivity index (χ1n) is 28.0. The average Bonchev–Trinajstić information content (AvgIpc) is 3.28. The van der Waals surface area contributed by atoms with Crippen LogP contribution in [0.25, 0.3) is 0 Å². The molecule has 9 nitrogen and oxygen atoms in total. The Labute approximate surface area is 374 Å². The summed E-state index contributed by atoms with van der Waals surface area (Å²) in [6, 6.07) is 25.6. The molecule has 0 aliphatic heterocycles. The quantitative estimate of drug-likeness (QED) is 0.0612. The van der Waals surface area contributed by atoms with E-state index in [0.29, 0.717) is 36.5 Å². The van der Waals surface area contributed by atoms with Crippen molar-refractivity contribution >= 4 is 45.0 Å². The number of nitrogens with zero attached hydrogens (tertiary/aromatic N) is 2. The Morgan fingerprint density at radius 3 is 1.61 bits per heavy atom. The fourth-order valence-electron chi connectivity index (χ4n) is 4.45. The highest BCUT2D eigenvalue weighted by Gasteiger charge is 2.15. The molecule has 0 fully saturated rings. The normalized spacial score (nSPS) is 20.1. The largest absolute Gasteiger partial charge is 0.493 e. The Kier molecular flexibility index (Phi) is 8.63. The Morgan fingerprint density at radius 2 is 1.14 bits per heavy atom. The molecule has 5 rings (SSSR count). The molecule has 5 aromatic rings. The van der Waals surface area contributed by atoms with Gasteiger partial charge in [0.2, 0.25) is 0 Å². The van der Waals surface area contributed by atoms with Gasteiger partial charge in [0.05, 0.1) is 42.2 Å². The summed E-state index contributed by atoms with van der Waals surface area (Å²) in [5.74, 6) is -0.850. The minimum atomic E-state index is -4.90. The molecule has 0 saturated heterocycles. The summed E-state index contributed by atoms with van der Waals surface area (Å²) >= 11 is 2.13. The summed E-state index contributed by atoms with van der Waals surface area (Å²) in [7, 11) is -4.90. The molecule has 0 aliphatic rings. The number of para-hydroxylation sites is 2. The molecule has 0 aliphatic carbocycles. The van der Waals surface area contributed by atoms with E-state index in [2.05, 4.69) is 4.18 Å². The van der Waals surface area contributed by atoms with Gasteiger partial charge in [-0.15, -0.1) is 0 Å². The molecule has 0 atom stereocenters. The van der Waals surface area contributed by atoms with Crippen LogP contribution in [0.2, 0.25) is 0 Å². The first-order chi connectivity index (χ1) is 36.0. The van der Waals surface area contributed by atoms with Gasteiger partial charge < -0.3 is 30.7 Å². The zero-order chi connectivity index (χ0) is 61.3. The van der Waals surface area contributed by atoms with Crippen LogP contribution in [0.4, 0.5) is 15.8 Å². The number of benzene rings is 5. The van der Waals surface area contributed by atoms with Crippen molar-refractivity contribution in [2.45, 2.75) is 57.2 Å². The van der Waals surface area contributed by atoms with Gasteiger partial charge >= 0.3 is 0 Å². The molecule has 300 valence electrons. The van der Waals surface area contributed by atoms with Crippen molar-refractivity contribution in [3.8, 4) is 11.5 Å². The zero-order valence-corrected chi connectivity index (χ0v) is 31.9. The van der Waals surface area contributed by atoms with E-state index in [4.69, 9.17) is 53.8 Å². The number of nitrogens with two attached hydrogens (primary N) is 2. The number of ether oxygens (including phenoxy) is 2. The van der Waals surface area contributed by atoms with Gasteiger partial charge in [0, 0.05) is 78.7 Å². The lowest BCUT2D eigenvalue weighted by Gasteiger charge is -2.16. The number of hydrogen-bond donors (Lipinski definition) is 2. The molecule has 0 aromatic heterocycles. The molecule has 4 N–H and O–H groups in total. The maximum Gasteiger partial charge on any atom is 0.296 e. The first kappa shape index (κ1) is 21.5. The molecule has 0 bridgehead atoms. The van der Waals surface area contributed by atoms with E-state index in [1.165, 1.54) is 36.4 Å². The van der Waals surface area contributed by atoms with Gasteiger partial charge in [-0.3, -0.25) is 8.57 Å². The molecule has 5 aromatic carbocycles. The highest BCUT2D eigenvalue weighted by atomic mass is 32.2. The Balaban J connectivity index is 0.000000356. The third-order valence-electron chi connectivity index (χ3n) is 7.00. The monoisotopic (exact) mass is 843 g/mol. The summed E-state index contributed by atoms with van der Waals surface area (Å²) in [4.78, 5) is 1.80. The van der Waals surface area contributed by atoms with Gasteiger partial charge in [0.15, 0.2) is 0 Å². The maximum absolute atomic E-state index is 13.7. The van der Waals surface area contributed by atoms with Crippen molar-refractivity contribution in [2.24, 2.45) is 0 Å². The smallest absolute Gasteiger partial charge is 0.296 e. The minimum Gasteiger partial charge on any atom is -0.493 e. The minimum absolute atomic E-state index is 0.0190. The number of aryl methyl sites for hydroxylation is 1. The van der Waals surface area contributed by atoms with Crippen LogP contribution in [0.1, 0.15) is 62.3 Å². The predicted molar refractivity (Wildman–Crippen MR) is 228 cm³/mol. The number of halogens is 1. The number of nitrogen functional groups attached to an aromatic ring is 2. The van der Waals surface area contributed by atoms with Crippen molar-refractivity contribution in [2.75, 3.05) is 65.7 Å². The molecular weight excluding hydrogens is 767 g/mol. The second-order valence-corrected chi connectivity index (χ2v) is 14.9.